The van der Waals surface area contributed by atoms with Gasteiger partial charge in [0.05, 0.1) is 17.3 Å². The summed E-state index contributed by atoms with van der Waals surface area (Å²) >= 11 is 0. The Morgan fingerprint density at radius 1 is 1.18 bits per heavy atom. The van der Waals surface area contributed by atoms with Crippen LogP contribution in [0.25, 0.3) is 6.08 Å². The molecule has 86 valence electrons. The smallest absolute Gasteiger partial charge is 0.0827 e. The van der Waals surface area contributed by atoms with E-state index in [2.05, 4.69) is 4.57 Å². The van der Waals surface area contributed by atoms with E-state index in [0.29, 0.717) is 0 Å². The molecule has 0 spiro atoms. The van der Waals surface area contributed by atoms with Gasteiger partial charge in [-0.3, -0.25) is 0 Å². The van der Waals surface area contributed by atoms with Crippen molar-refractivity contribution in [1.82, 2.24) is 4.57 Å². The molecule has 0 bridgehead atoms. The van der Waals surface area contributed by atoms with Crippen LogP contribution in [0.15, 0.2) is 52.4 Å². The van der Waals surface area contributed by atoms with Crippen LogP contribution in [-0.2, 0) is 17.3 Å². The van der Waals surface area contributed by atoms with Crippen molar-refractivity contribution in [3.05, 3.63) is 58.8 Å². The maximum Gasteiger partial charge on any atom is 0.0827 e. The van der Waals surface area contributed by atoms with Gasteiger partial charge in [0.15, 0.2) is 0 Å². The molecule has 0 saturated heterocycles. The maximum absolute atomic E-state index is 12.4. The van der Waals surface area contributed by atoms with Crippen LogP contribution in [0, 0.1) is 6.92 Å². The number of rotatable bonds is 2. The third-order valence-corrected chi connectivity index (χ3v) is 4.40. The highest BCUT2D eigenvalue weighted by Crippen LogP contribution is 2.25. The first kappa shape index (κ1) is 10.5. The minimum absolute atomic E-state index is 0.739. The minimum atomic E-state index is -1.03. The Labute approximate surface area is 103 Å². The van der Waals surface area contributed by atoms with Gasteiger partial charge in [-0.2, -0.15) is 0 Å². The fourth-order valence-electron chi connectivity index (χ4n) is 2.01. The van der Waals surface area contributed by atoms with Crippen molar-refractivity contribution in [2.45, 2.75) is 18.4 Å². The van der Waals surface area contributed by atoms with Gasteiger partial charge in [-0.1, -0.05) is 17.7 Å². The van der Waals surface area contributed by atoms with Crippen molar-refractivity contribution in [2.24, 2.45) is 0 Å². The molecule has 2 aromatic rings. The lowest BCUT2D eigenvalue weighted by Crippen LogP contribution is -2.00. The van der Waals surface area contributed by atoms with Crippen LogP contribution in [-0.4, -0.2) is 8.78 Å². The van der Waals surface area contributed by atoms with Gasteiger partial charge < -0.3 is 4.57 Å². The second-order valence-electron chi connectivity index (χ2n) is 4.25. The zero-order valence-corrected chi connectivity index (χ0v) is 10.4. The summed E-state index contributed by atoms with van der Waals surface area (Å²) in [5.74, 6) is 0. The molecule has 0 saturated carbocycles. The Balaban J connectivity index is 1.90. The molecule has 1 aliphatic rings. The summed E-state index contributed by atoms with van der Waals surface area (Å²) in [7, 11) is -1.03. The Hall–Kier alpha value is -1.61. The first-order chi connectivity index (χ1) is 8.24. The van der Waals surface area contributed by atoms with Gasteiger partial charge in [-0.25, -0.2) is 4.21 Å². The molecule has 1 atom stereocenters. The molecule has 0 fully saturated rings. The molecule has 2 nitrogen and oxygen atoms in total. The van der Waals surface area contributed by atoms with E-state index in [1.807, 2.05) is 55.6 Å². The molecular formula is C14H13NOS. The van der Waals surface area contributed by atoms with Crippen LogP contribution in [0.3, 0.4) is 0 Å². The predicted molar refractivity (Wildman–Crippen MR) is 70.0 cm³/mol. The van der Waals surface area contributed by atoms with E-state index in [-0.39, 0.29) is 0 Å². The molecule has 3 rings (SSSR count). The molecule has 0 amide bonds. The fourth-order valence-corrected chi connectivity index (χ4v) is 3.18. The van der Waals surface area contributed by atoms with Crippen LogP contribution in [0.5, 0.6) is 0 Å². The standard InChI is InChI=1S/C14H13NOS/c1-11-4-6-13(7-5-11)17(16)14-9-12-3-2-8-15(12)10-14/h2-9H,10H2,1H3. The topological polar surface area (TPSA) is 22.0 Å². The van der Waals surface area contributed by atoms with Crippen molar-refractivity contribution < 1.29 is 4.21 Å². The second-order valence-corrected chi connectivity index (χ2v) is 5.79. The Morgan fingerprint density at radius 2 is 1.94 bits per heavy atom. The average molecular weight is 243 g/mol. The van der Waals surface area contributed by atoms with E-state index in [1.165, 1.54) is 5.56 Å². The Bertz CT molecular complexity index is 607. The van der Waals surface area contributed by atoms with Gasteiger partial charge in [0, 0.05) is 21.7 Å². The molecule has 0 radical (unpaired) electrons. The SMILES string of the molecule is Cc1ccc(S(=O)C2=Cc3cccn3C2)cc1. The number of aromatic nitrogens is 1. The number of allylic oxidation sites excluding steroid dienone is 1. The third-order valence-electron chi connectivity index (χ3n) is 2.97. The molecule has 1 aromatic heterocycles. The normalized spacial score (nSPS) is 15.5. The van der Waals surface area contributed by atoms with Crippen molar-refractivity contribution in [2.75, 3.05) is 0 Å². The summed E-state index contributed by atoms with van der Waals surface area (Å²) in [5, 5.41) is 0. The number of fused-ring (bicyclic) bond motifs is 1. The second kappa shape index (κ2) is 4.00. The van der Waals surface area contributed by atoms with E-state index >= 15 is 0 Å². The lowest BCUT2D eigenvalue weighted by atomic mass is 10.2. The first-order valence-corrected chi connectivity index (χ1v) is 6.73. The highest BCUT2D eigenvalue weighted by molar-refractivity contribution is 7.89. The summed E-state index contributed by atoms with van der Waals surface area (Å²) in [6, 6.07) is 11.9. The summed E-state index contributed by atoms with van der Waals surface area (Å²) in [6.45, 7) is 2.77. The minimum Gasteiger partial charge on any atom is -0.343 e. The molecule has 1 aromatic carbocycles. The number of benzene rings is 1. The van der Waals surface area contributed by atoms with Crippen LogP contribution in [0.1, 0.15) is 11.3 Å². The fraction of sp³-hybridized carbons (Fsp3) is 0.143. The Morgan fingerprint density at radius 3 is 2.65 bits per heavy atom. The van der Waals surface area contributed by atoms with Gasteiger partial charge in [-0.05, 0) is 37.3 Å². The quantitative estimate of drug-likeness (QED) is 0.795. The molecule has 1 aliphatic heterocycles. The zero-order chi connectivity index (χ0) is 11.8. The van der Waals surface area contributed by atoms with E-state index < -0.39 is 10.8 Å². The van der Waals surface area contributed by atoms with E-state index in [4.69, 9.17) is 0 Å². The third kappa shape index (κ3) is 1.87. The summed E-state index contributed by atoms with van der Waals surface area (Å²) in [4.78, 5) is 1.86. The highest BCUT2D eigenvalue weighted by Gasteiger charge is 2.17. The summed E-state index contributed by atoms with van der Waals surface area (Å²) < 4.78 is 14.5. The van der Waals surface area contributed by atoms with Crippen LogP contribution in [0.4, 0.5) is 0 Å². The molecule has 17 heavy (non-hydrogen) atoms. The van der Waals surface area contributed by atoms with E-state index in [9.17, 15) is 4.21 Å². The molecule has 1 unspecified atom stereocenters. The van der Waals surface area contributed by atoms with Gasteiger partial charge in [0.25, 0.3) is 0 Å². The van der Waals surface area contributed by atoms with E-state index in [0.717, 1.165) is 22.0 Å². The number of hydrogen-bond donors (Lipinski definition) is 0. The van der Waals surface area contributed by atoms with Gasteiger partial charge in [-0.15, -0.1) is 0 Å². The number of nitrogens with zero attached hydrogens (tertiary/aromatic N) is 1. The molecule has 3 heteroatoms. The van der Waals surface area contributed by atoms with Crippen molar-refractivity contribution in [3.63, 3.8) is 0 Å². The van der Waals surface area contributed by atoms with Crippen LogP contribution >= 0.6 is 0 Å². The summed E-state index contributed by atoms with van der Waals surface area (Å²) in [6.07, 6.45) is 4.04. The van der Waals surface area contributed by atoms with Gasteiger partial charge >= 0.3 is 0 Å². The number of hydrogen-bond acceptors (Lipinski definition) is 1. The summed E-state index contributed by atoms with van der Waals surface area (Å²) in [5.41, 5.74) is 2.33. The number of aryl methyl sites for hydroxylation is 1. The molecule has 0 aliphatic carbocycles. The van der Waals surface area contributed by atoms with Crippen LogP contribution < -0.4 is 0 Å². The molecule has 2 heterocycles. The maximum atomic E-state index is 12.4. The van der Waals surface area contributed by atoms with Crippen molar-refractivity contribution in [3.8, 4) is 0 Å². The first-order valence-electron chi connectivity index (χ1n) is 5.58. The molecule has 0 N–H and O–H groups in total. The van der Waals surface area contributed by atoms with Crippen molar-refractivity contribution in [1.29, 1.82) is 0 Å². The Kier molecular flexibility index (Phi) is 2.48. The highest BCUT2D eigenvalue weighted by atomic mass is 32.2. The predicted octanol–water partition coefficient (Wildman–Crippen LogP) is 2.96. The van der Waals surface area contributed by atoms with Gasteiger partial charge in [0.1, 0.15) is 0 Å². The zero-order valence-electron chi connectivity index (χ0n) is 9.59. The lowest BCUT2D eigenvalue weighted by Gasteiger charge is -2.04. The average Bonchev–Trinajstić information content (AvgIpc) is 2.89. The van der Waals surface area contributed by atoms with Crippen LogP contribution in [0.2, 0.25) is 0 Å². The largest absolute Gasteiger partial charge is 0.343 e. The molecular weight excluding hydrogens is 230 g/mol. The van der Waals surface area contributed by atoms with Crippen molar-refractivity contribution >= 4 is 16.9 Å². The van der Waals surface area contributed by atoms with Gasteiger partial charge in [0.2, 0.25) is 0 Å². The van der Waals surface area contributed by atoms with E-state index in [1.54, 1.807) is 0 Å². The monoisotopic (exact) mass is 243 g/mol. The lowest BCUT2D eigenvalue weighted by molar-refractivity contribution is 0.684.